The molecule has 0 radical (unpaired) electrons. The number of hydrogen-bond donors (Lipinski definition) is 1. The van der Waals surface area contributed by atoms with Crippen molar-refractivity contribution >= 4 is 64.3 Å². The first kappa shape index (κ1) is 20.0. The minimum atomic E-state index is -0.450. The Balaban J connectivity index is 1.48. The van der Waals surface area contributed by atoms with Crippen LogP contribution in [0.25, 0.3) is 6.08 Å². The number of carbonyl (C=O) groups is 2. The Labute approximate surface area is 186 Å². The lowest BCUT2D eigenvalue weighted by Gasteiger charge is -2.12. The number of hydrogen-bond acceptors (Lipinski definition) is 4. The molecule has 0 bridgehead atoms. The second kappa shape index (κ2) is 8.63. The van der Waals surface area contributed by atoms with E-state index in [4.69, 9.17) is 23.2 Å². The molecule has 4 nitrogen and oxygen atoms in total. The van der Waals surface area contributed by atoms with Crippen molar-refractivity contribution in [3.8, 4) is 0 Å². The van der Waals surface area contributed by atoms with Gasteiger partial charge in [-0.15, -0.1) is 11.3 Å². The normalized spacial score (nSPS) is 15.2. The first-order valence-electron chi connectivity index (χ1n) is 8.61. The number of amides is 3. The molecule has 0 atom stereocenters. The molecule has 3 amide bonds. The lowest BCUT2D eigenvalue weighted by Crippen LogP contribution is -2.30. The number of halogens is 2. The zero-order valence-electron chi connectivity index (χ0n) is 14.9. The van der Waals surface area contributed by atoms with Gasteiger partial charge in [0.15, 0.2) is 0 Å². The van der Waals surface area contributed by atoms with E-state index in [2.05, 4.69) is 5.32 Å². The Bertz CT molecular complexity index is 1110. The molecule has 1 saturated heterocycles. The first-order chi connectivity index (χ1) is 14.0. The zero-order valence-corrected chi connectivity index (χ0v) is 18.0. The largest absolute Gasteiger partial charge is 0.329 e. The summed E-state index contributed by atoms with van der Waals surface area (Å²) in [5, 5.41) is 3.87. The van der Waals surface area contributed by atoms with Crippen molar-refractivity contribution in [3.05, 3.63) is 86.8 Å². The van der Waals surface area contributed by atoms with Gasteiger partial charge >= 0.3 is 6.03 Å². The van der Waals surface area contributed by atoms with Crippen molar-refractivity contribution in [1.29, 1.82) is 0 Å². The predicted octanol–water partition coefficient (Wildman–Crippen LogP) is 6.30. The van der Waals surface area contributed by atoms with Gasteiger partial charge in [0.2, 0.25) is 0 Å². The van der Waals surface area contributed by atoms with Gasteiger partial charge in [-0.2, -0.15) is 0 Å². The molecular formula is C21H14Cl2N2O2S2. The smallest absolute Gasteiger partial charge is 0.303 e. The summed E-state index contributed by atoms with van der Waals surface area (Å²) >= 11 is 15.2. The number of benzene rings is 2. The van der Waals surface area contributed by atoms with E-state index >= 15 is 0 Å². The van der Waals surface area contributed by atoms with Crippen LogP contribution in [0.4, 0.5) is 4.79 Å². The minimum absolute atomic E-state index is 0.129. The molecule has 0 spiro atoms. The topological polar surface area (TPSA) is 49.4 Å². The molecule has 4 rings (SSSR count). The van der Waals surface area contributed by atoms with E-state index in [-0.39, 0.29) is 18.1 Å². The quantitative estimate of drug-likeness (QED) is 0.358. The van der Waals surface area contributed by atoms with Gasteiger partial charge in [0, 0.05) is 19.8 Å². The molecule has 1 N–H and O–H groups in total. The highest BCUT2D eigenvalue weighted by Crippen LogP contribution is 2.35. The summed E-state index contributed by atoms with van der Waals surface area (Å²) in [5.74, 6) is -0.366. The molecule has 1 aliphatic rings. The average molecular weight is 461 g/mol. The molecule has 0 unspecified atom stereocenters. The second-order valence-electron chi connectivity index (χ2n) is 6.18. The number of carbonyl (C=O) groups excluding carboxylic acids is 2. The van der Waals surface area contributed by atoms with E-state index in [0.717, 1.165) is 24.4 Å². The molecule has 0 aliphatic carbocycles. The molecule has 2 heterocycles. The summed E-state index contributed by atoms with van der Waals surface area (Å²) in [7, 11) is 0. The Hall–Kier alpha value is -2.25. The summed E-state index contributed by atoms with van der Waals surface area (Å²) < 4.78 is 1.07. The molecular weight excluding hydrogens is 447 g/mol. The standard InChI is InChI=1S/C21H14Cl2N2O2S2/c22-14-5-7-15(8-6-14)28-19-10-9-16(29-19)11-18-20(26)25(21(27)24-18)12-13-3-1-2-4-17(13)23/h1-11H,12H2,(H,24,27)/b18-11-. The number of imide groups is 1. The lowest BCUT2D eigenvalue weighted by molar-refractivity contribution is -0.123. The fraction of sp³-hybridized carbons (Fsp3) is 0.0476. The second-order valence-corrected chi connectivity index (χ2v) is 9.52. The molecule has 2 aromatic carbocycles. The fourth-order valence-corrected chi connectivity index (χ4v) is 5.13. The summed E-state index contributed by atoms with van der Waals surface area (Å²) in [6, 6.07) is 18.2. The molecule has 1 fully saturated rings. The Morgan fingerprint density at radius 1 is 1.00 bits per heavy atom. The number of nitrogens with zero attached hydrogens (tertiary/aromatic N) is 1. The average Bonchev–Trinajstić information content (AvgIpc) is 3.25. The highest BCUT2D eigenvalue weighted by atomic mass is 35.5. The van der Waals surface area contributed by atoms with E-state index in [1.165, 1.54) is 0 Å². The van der Waals surface area contributed by atoms with Gasteiger partial charge in [0.1, 0.15) is 5.70 Å². The molecule has 1 aliphatic heterocycles. The lowest BCUT2D eigenvalue weighted by atomic mass is 10.2. The van der Waals surface area contributed by atoms with Crippen molar-refractivity contribution in [1.82, 2.24) is 10.2 Å². The summed E-state index contributed by atoms with van der Waals surface area (Å²) in [6.45, 7) is 0.129. The van der Waals surface area contributed by atoms with Gasteiger partial charge in [-0.1, -0.05) is 53.2 Å². The third-order valence-corrected chi connectivity index (χ3v) is 6.96. The van der Waals surface area contributed by atoms with Crippen molar-refractivity contribution in [2.24, 2.45) is 0 Å². The van der Waals surface area contributed by atoms with Crippen molar-refractivity contribution in [2.45, 2.75) is 15.6 Å². The van der Waals surface area contributed by atoms with Crippen molar-refractivity contribution in [2.75, 3.05) is 0 Å². The zero-order chi connectivity index (χ0) is 20.4. The van der Waals surface area contributed by atoms with Crippen LogP contribution in [0.3, 0.4) is 0 Å². The van der Waals surface area contributed by atoms with E-state index in [0.29, 0.717) is 10.0 Å². The third-order valence-electron chi connectivity index (χ3n) is 4.17. The Morgan fingerprint density at radius 3 is 2.52 bits per heavy atom. The molecule has 0 saturated carbocycles. The number of rotatable bonds is 5. The Morgan fingerprint density at radius 2 is 1.76 bits per heavy atom. The molecule has 146 valence electrons. The van der Waals surface area contributed by atoms with Crippen LogP contribution in [0.15, 0.2) is 75.5 Å². The monoisotopic (exact) mass is 460 g/mol. The maximum Gasteiger partial charge on any atom is 0.329 e. The minimum Gasteiger partial charge on any atom is -0.303 e. The number of thiophene rings is 1. The summed E-state index contributed by atoms with van der Waals surface area (Å²) in [6.07, 6.45) is 1.70. The molecule has 29 heavy (non-hydrogen) atoms. The summed E-state index contributed by atoms with van der Waals surface area (Å²) in [5.41, 5.74) is 0.976. The first-order valence-corrected chi connectivity index (χ1v) is 11.0. The van der Waals surface area contributed by atoms with Crippen LogP contribution in [-0.2, 0) is 11.3 Å². The van der Waals surface area contributed by atoms with Crippen LogP contribution in [0.1, 0.15) is 10.4 Å². The van der Waals surface area contributed by atoms with Crippen molar-refractivity contribution in [3.63, 3.8) is 0 Å². The number of urea groups is 1. The van der Waals surface area contributed by atoms with Crippen LogP contribution in [0.5, 0.6) is 0 Å². The van der Waals surface area contributed by atoms with E-state index < -0.39 is 6.03 Å². The van der Waals surface area contributed by atoms with E-state index in [9.17, 15) is 9.59 Å². The third kappa shape index (κ3) is 4.67. The van der Waals surface area contributed by atoms with Gasteiger partial charge in [-0.05, 0) is 54.1 Å². The predicted molar refractivity (Wildman–Crippen MR) is 118 cm³/mol. The highest BCUT2D eigenvalue weighted by Gasteiger charge is 2.33. The van der Waals surface area contributed by atoms with Crippen LogP contribution >= 0.6 is 46.3 Å². The van der Waals surface area contributed by atoms with Gasteiger partial charge in [0.25, 0.3) is 5.91 Å². The van der Waals surface area contributed by atoms with E-state index in [1.807, 2.05) is 42.5 Å². The Kier molecular flexibility index (Phi) is 5.96. The maximum atomic E-state index is 12.7. The molecule has 1 aromatic heterocycles. The molecule has 8 heteroatoms. The molecule has 3 aromatic rings. The van der Waals surface area contributed by atoms with Gasteiger partial charge < -0.3 is 5.32 Å². The van der Waals surface area contributed by atoms with Crippen molar-refractivity contribution < 1.29 is 9.59 Å². The highest BCUT2D eigenvalue weighted by molar-refractivity contribution is 8.01. The van der Waals surface area contributed by atoms with Crippen LogP contribution in [-0.4, -0.2) is 16.8 Å². The van der Waals surface area contributed by atoms with Crippen LogP contribution in [0.2, 0.25) is 10.0 Å². The SMILES string of the molecule is O=C1N/C(=C\c2ccc(Sc3ccc(Cl)cc3)s2)C(=O)N1Cc1ccccc1Cl. The fourth-order valence-electron chi connectivity index (χ4n) is 2.74. The summed E-state index contributed by atoms with van der Waals surface area (Å²) in [4.78, 5) is 28.1. The van der Waals surface area contributed by atoms with E-state index in [1.54, 1.807) is 47.4 Å². The number of nitrogens with one attached hydrogen (secondary N) is 1. The maximum absolute atomic E-state index is 12.7. The van der Waals surface area contributed by atoms with Crippen LogP contribution in [0, 0.1) is 0 Å². The van der Waals surface area contributed by atoms with Gasteiger partial charge in [-0.3, -0.25) is 9.69 Å². The van der Waals surface area contributed by atoms with Gasteiger partial charge in [-0.25, -0.2) is 4.79 Å². The van der Waals surface area contributed by atoms with Crippen LogP contribution < -0.4 is 5.32 Å². The van der Waals surface area contributed by atoms with Gasteiger partial charge in [0.05, 0.1) is 10.8 Å².